The van der Waals surface area contributed by atoms with E-state index in [2.05, 4.69) is 9.97 Å². The molecular formula is C7H8N4S. The molecule has 0 bridgehead atoms. The van der Waals surface area contributed by atoms with Crippen LogP contribution in [-0.4, -0.2) is 9.97 Å². The average molecular weight is 180 g/mol. The molecule has 2 heterocycles. The number of nitrogen functional groups attached to an aromatic ring is 1. The minimum Gasteiger partial charge on any atom is -0.368 e. The first-order valence-corrected chi connectivity index (χ1v) is 4.32. The largest absolute Gasteiger partial charge is 0.368 e. The van der Waals surface area contributed by atoms with Gasteiger partial charge in [-0.1, -0.05) is 0 Å². The van der Waals surface area contributed by atoms with Crippen molar-refractivity contribution in [3.63, 3.8) is 0 Å². The van der Waals surface area contributed by atoms with Crippen LogP contribution >= 0.6 is 11.3 Å². The maximum Gasteiger partial charge on any atom is 0.220 e. The van der Waals surface area contributed by atoms with Gasteiger partial charge in [0.15, 0.2) is 0 Å². The van der Waals surface area contributed by atoms with Crippen molar-refractivity contribution in [2.24, 2.45) is 5.73 Å². The van der Waals surface area contributed by atoms with Crippen LogP contribution in [0.2, 0.25) is 0 Å². The van der Waals surface area contributed by atoms with Crippen LogP contribution in [0.3, 0.4) is 0 Å². The van der Waals surface area contributed by atoms with Crippen molar-refractivity contribution in [1.82, 2.24) is 9.97 Å². The zero-order chi connectivity index (χ0) is 8.55. The van der Waals surface area contributed by atoms with Gasteiger partial charge in [0.25, 0.3) is 0 Å². The molecule has 4 N–H and O–H groups in total. The quantitative estimate of drug-likeness (QED) is 0.678. The van der Waals surface area contributed by atoms with E-state index in [1.807, 2.05) is 6.07 Å². The number of hydrogen-bond donors (Lipinski definition) is 2. The molecule has 0 spiro atoms. The Labute approximate surface area is 73.2 Å². The predicted molar refractivity (Wildman–Crippen MR) is 49.7 cm³/mol. The van der Waals surface area contributed by atoms with Gasteiger partial charge in [-0.25, -0.2) is 9.97 Å². The molecule has 62 valence electrons. The Balaban J connectivity index is 2.67. The maximum absolute atomic E-state index is 5.48. The van der Waals surface area contributed by atoms with Gasteiger partial charge >= 0.3 is 0 Å². The van der Waals surface area contributed by atoms with Gasteiger partial charge < -0.3 is 11.5 Å². The van der Waals surface area contributed by atoms with Crippen LogP contribution in [0, 0.1) is 0 Å². The highest BCUT2D eigenvalue weighted by Crippen LogP contribution is 2.22. The summed E-state index contributed by atoms with van der Waals surface area (Å²) in [5.41, 5.74) is 11.8. The molecule has 0 aromatic carbocycles. The van der Waals surface area contributed by atoms with Crippen LogP contribution in [0.4, 0.5) is 5.95 Å². The topological polar surface area (TPSA) is 77.8 Å². The fourth-order valence-corrected chi connectivity index (χ4v) is 1.85. The van der Waals surface area contributed by atoms with Crippen LogP contribution in [0.5, 0.6) is 0 Å². The van der Waals surface area contributed by atoms with E-state index in [9.17, 15) is 0 Å². The van der Waals surface area contributed by atoms with Crippen LogP contribution in [-0.2, 0) is 6.54 Å². The Hall–Kier alpha value is -1.20. The standard InChI is InChI=1S/C7H8N4S/c8-2-4-1-5-6(12-4)3-10-7(9)11-5/h1,3H,2,8H2,(H2,9,10,11). The highest BCUT2D eigenvalue weighted by atomic mass is 32.1. The minimum absolute atomic E-state index is 0.309. The maximum atomic E-state index is 5.48. The minimum atomic E-state index is 0.309. The Bertz CT molecular complexity index is 409. The molecule has 0 aliphatic rings. The number of nitrogens with two attached hydrogens (primary N) is 2. The SMILES string of the molecule is NCc1cc2nc(N)ncc2s1. The monoisotopic (exact) mass is 180 g/mol. The summed E-state index contributed by atoms with van der Waals surface area (Å²) < 4.78 is 1.03. The lowest BCUT2D eigenvalue weighted by molar-refractivity contribution is 1.11. The van der Waals surface area contributed by atoms with Crippen LogP contribution in [0.25, 0.3) is 10.2 Å². The third-order valence-corrected chi connectivity index (χ3v) is 2.62. The normalized spacial score (nSPS) is 10.8. The molecule has 0 aliphatic heterocycles. The van der Waals surface area contributed by atoms with Crippen molar-refractivity contribution in [2.45, 2.75) is 6.54 Å². The molecule has 12 heavy (non-hydrogen) atoms. The molecule has 0 atom stereocenters. The van der Waals surface area contributed by atoms with E-state index < -0.39 is 0 Å². The van der Waals surface area contributed by atoms with Gasteiger partial charge in [-0.3, -0.25) is 0 Å². The third-order valence-electron chi connectivity index (χ3n) is 1.54. The summed E-state index contributed by atoms with van der Waals surface area (Å²) in [6.07, 6.45) is 1.72. The van der Waals surface area contributed by atoms with Crippen molar-refractivity contribution >= 4 is 27.5 Å². The predicted octanol–water partition coefficient (Wildman–Crippen LogP) is 0.732. The van der Waals surface area contributed by atoms with Gasteiger partial charge in [0.05, 0.1) is 16.4 Å². The summed E-state index contributed by atoms with van der Waals surface area (Å²) >= 11 is 1.60. The molecule has 5 heteroatoms. The first kappa shape index (κ1) is 7.45. The van der Waals surface area contributed by atoms with Gasteiger partial charge in [0.1, 0.15) is 0 Å². The first-order valence-electron chi connectivity index (χ1n) is 3.50. The van der Waals surface area contributed by atoms with Crippen molar-refractivity contribution in [1.29, 1.82) is 0 Å². The average Bonchev–Trinajstić information content (AvgIpc) is 2.46. The molecule has 0 fully saturated rings. The Morgan fingerprint density at radius 3 is 3.08 bits per heavy atom. The number of rotatable bonds is 1. The first-order chi connectivity index (χ1) is 5.79. The number of hydrogen-bond acceptors (Lipinski definition) is 5. The zero-order valence-corrected chi connectivity index (χ0v) is 7.14. The van der Waals surface area contributed by atoms with E-state index in [-0.39, 0.29) is 0 Å². The summed E-state index contributed by atoms with van der Waals surface area (Å²) in [5.74, 6) is 0.309. The van der Waals surface area contributed by atoms with E-state index in [4.69, 9.17) is 11.5 Å². The van der Waals surface area contributed by atoms with Crippen LogP contribution < -0.4 is 11.5 Å². The lowest BCUT2D eigenvalue weighted by atomic mass is 10.4. The Kier molecular flexibility index (Phi) is 1.67. The van der Waals surface area contributed by atoms with Gasteiger partial charge in [-0.15, -0.1) is 11.3 Å². The molecular weight excluding hydrogens is 172 g/mol. The summed E-state index contributed by atoms with van der Waals surface area (Å²) in [6.45, 7) is 0.543. The summed E-state index contributed by atoms with van der Waals surface area (Å²) in [4.78, 5) is 9.06. The van der Waals surface area contributed by atoms with Crippen molar-refractivity contribution in [2.75, 3.05) is 5.73 Å². The Morgan fingerprint density at radius 2 is 2.33 bits per heavy atom. The van der Waals surface area contributed by atoms with Crippen LogP contribution in [0.15, 0.2) is 12.3 Å². The molecule has 0 amide bonds. The third kappa shape index (κ3) is 1.13. The van der Waals surface area contributed by atoms with Crippen molar-refractivity contribution in [3.8, 4) is 0 Å². The molecule has 2 rings (SSSR count). The van der Waals surface area contributed by atoms with E-state index >= 15 is 0 Å². The number of aromatic nitrogens is 2. The number of anilines is 1. The molecule has 2 aromatic heterocycles. The summed E-state index contributed by atoms with van der Waals surface area (Å²) in [5, 5.41) is 0. The fraction of sp³-hybridized carbons (Fsp3) is 0.143. The van der Waals surface area contributed by atoms with Gasteiger partial charge in [0, 0.05) is 11.4 Å². The summed E-state index contributed by atoms with van der Waals surface area (Å²) in [7, 11) is 0. The summed E-state index contributed by atoms with van der Waals surface area (Å²) in [6, 6.07) is 1.94. The number of thiophene rings is 1. The van der Waals surface area contributed by atoms with E-state index in [1.54, 1.807) is 17.5 Å². The number of fused-ring (bicyclic) bond motifs is 1. The molecule has 0 unspecified atom stereocenters. The molecule has 4 nitrogen and oxygen atoms in total. The van der Waals surface area contributed by atoms with Crippen molar-refractivity contribution < 1.29 is 0 Å². The van der Waals surface area contributed by atoms with Gasteiger partial charge in [0.2, 0.25) is 5.95 Å². The lowest BCUT2D eigenvalue weighted by Gasteiger charge is -1.88. The van der Waals surface area contributed by atoms with Crippen molar-refractivity contribution in [3.05, 3.63) is 17.1 Å². The second kappa shape index (κ2) is 2.69. The zero-order valence-electron chi connectivity index (χ0n) is 6.32. The molecule has 0 aliphatic carbocycles. The fourth-order valence-electron chi connectivity index (χ4n) is 1.00. The van der Waals surface area contributed by atoms with Gasteiger partial charge in [-0.05, 0) is 6.07 Å². The molecule has 0 radical (unpaired) electrons. The van der Waals surface area contributed by atoms with E-state index in [0.717, 1.165) is 15.1 Å². The highest BCUT2D eigenvalue weighted by molar-refractivity contribution is 7.18. The number of nitrogens with zero attached hydrogens (tertiary/aromatic N) is 2. The molecule has 2 aromatic rings. The smallest absolute Gasteiger partial charge is 0.220 e. The molecule has 0 saturated heterocycles. The lowest BCUT2D eigenvalue weighted by Crippen LogP contribution is -1.92. The second-order valence-electron chi connectivity index (χ2n) is 2.39. The highest BCUT2D eigenvalue weighted by Gasteiger charge is 2.01. The van der Waals surface area contributed by atoms with E-state index in [0.29, 0.717) is 12.5 Å². The molecule has 0 saturated carbocycles. The van der Waals surface area contributed by atoms with Crippen LogP contribution in [0.1, 0.15) is 4.88 Å². The van der Waals surface area contributed by atoms with E-state index in [1.165, 1.54) is 0 Å². The second-order valence-corrected chi connectivity index (χ2v) is 3.56. The van der Waals surface area contributed by atoms with Gasteiger partial charge in [-0.2, -0.15) is 0 Å². The Morgan fingerprint density at radius 1 is 1.50 bits per heavy atom.